The molecule has 69 heavy (non-hydrogen) atoms. The van der Waals surface area contributed by atoms with Crippen LogP contribution in [0.5, 0.6) is 0 Å². The van der Waals surface area contributed by atoms with E-state index in [-0.39, 0.29) is 28.4 Å². The van der Waals surface area contributed by atoms with Crippen molar-refractivity contribution in [1.82, 2.24) is 0 Å². The van der Waals surface area contributed by atoms with Crippen LogP contribution in [0.15, 0.2) is 11.6 Å². The minimum absolute atomic E-state index is 0.0263. The number of ketones is 1. The first kappa shape index (κ1) is 52.6. The van der Waals surface area contributed by atoms with Crippen molar-refractivity contribution in [2.24, 2.45) is 50.2 Å². The lowest BCUT2D eigenvalue weighted by Crippen LogP contribution is -2.68. The molecule has 0 bridgehead atoms. The van der Waals surface area contributed by atoms with Gasteiger partial charge in [-0.05, 0) is 110 Å². The Labute approximate surface area is 399 Å². The van der Waals surface area contributed by atoms with E-state index < -0.39 is 150 Å². The fourth-order valence-corrected chi connectivity index (χ4v) is 14.8. The molecule has 8 aliphatic rings. The fourth-order valence-electron chi connectivity index (χ4n) is 14.8. The molecule has 1 unspecified atom stereocenters. The van der Waals surface area contributed by atoms with Gasteiger partial charge in [0.2, 0.25) is 0 Å². The van der Waals surface area contributed by atoms with Crippen LogP contribution < -0.4 is 0 Å². The Balaban J connectivity index is 1.04. The maximum Gasteiger partial charge on any atom is 0.335 e. The third kappa shape index (κ3) is 8.13. The first-order chi connectivity index (χ1) is 32.0. The highest BCUT2D eigenvalue weighted by Gasteiger charge is 2.71. The van der Waals surface area contributed by atoms with Crippen LogP contribution in [0.4, 0.5) is 0 Å². The summed E-state index contributed by atoms with van der Waals surface area (Å²) in [5.41, 5.74) is -2.14. The summed E-state index contributed by atoms with van der Waals surface area (Å²) in [7, 11) is 0. The first-order valence-electron chi connectivity index (χ1n) is 24.3. The van der Waals surface area contributed by atoms with E-state index in [0.717, 1.165) is 24.8 Å². The minimum Gasteiger partial charge on any atom is -0.481 e. The van der Waals surface area contributed by atoms with E-state index in [1.54, 1.807) is 0 Å². The number of allylic oxidation sites excluding steroid dienone is 2. The van der Waals surface area contributed by atoms with E-state index in [2.05, 4.69) is 27.7 Å². The highest BCUT2D eigenvalue weighted by atomic mass is 16.8. The number of aliphatic hydroxyl groups is 8. The number of ether oxygens (including phenoxy) is 6. The lowest BCUT2D eigenvalue weighted by atomic mass is 9.33. The van der Waals surface area contributed by atoms with Crippen molar-refractivity contribution in [3.8, 4) is 0 Å². The molecule has 3 heterocycles. The highest BCUT2D eigenvalue weighted by molar-refractivity contribution is 5.95. The molecule has 21 nitrogen and oxygen atoms in total. The number of carbonyl (C=O) groups is 4. The lowest BCUT2D eigenvalue weighted by molar-refractivity contribution is -0.384. The van der Waals surface area contributed by atoms with Gasteiger partial charge in [-0.25, -0.2) is 9.59 Å². The van der Waals surface area contributed by atoms with Crippen molar-refractivity contribution in [1.29, 1.82) is 0 Å². The molecule has 8 rings (SSSR count). The third-order valence-electron chi connectivity index (χ3n) is 19.3. The van der Waals surface area contributed by atoms with E-state index in [1.807, 2.05) is 26.8 Å². The van der Waals surface area contributed by atoms with Crippen molar-refractivity contribution < 1.29 is 104 Å². The van der Waals surface area contributed by atoms with Gasteiger partial charge in [-0.3, -0.25) is 9.59 Å². The maximum absolute atomic E-state index is 15.0. The number of fused-ring (bicyclic) bond motifs is 7. The van der Waals surface area contributed by atoms with Gasteiger partial charge in [0, 0.05) is 5.92 Å². The molecule has 7 fully saturated rings. The van der Waals surface area contributed by atoms with Gasteiger partial charge in [0.05, 0.1) is 18.1 Å². The maximum atomic E-state index is 15.0. The lowest BCUT2D eigenvalue weighted by Gasteiger charge is -2.70. The number of rotatable bonds is 10. The Morgan fingerprint density at radius 3 is 1.84 bits per heavy atom. The molecule has 0 spiro atoms. The second-order valence-corrected chi connectivity index (χ2v) is 23.4. The van der Waals surface area contributed by atoms with Crippen LogP contribution in [0.25, 0.3) is 0 Å². The molecule has 21 heteroatoms. The van der Waals surface area contributed by atoms with Gasteiger partial charge < -0.3 is 84.6 Å². The molecular weight excluding hydrogens is 913 g/mol. The Morgan fingerprint density at radius 1 is 0.638 bits per heavy atom. The van der Waals surface area contributed by atoms with Gasteiger partial charge in [0.25, 0.3) is 0 Å². The van der Waals surface area contributed by atoms with Crippen LogP contribution in [-0.2, 0) is 47.6 Å². The van der Waals surface area contributed by atoms with E-state index >= 15 is 0 Å². The highest BCUT2D eigenvalue weighted by Crippen LogP contribution is 2.75. The topological polar surface area (TPSA) is 346 Å². The SMILES string of the molecule is CC1(C)[C@@H](O[C@@H]2O[C@H](C(=O)O)[C@@H](O)[C@H](O)[C@H]2O[C@@H]2O[C@H](C(=O)O)[C@@H](O[C@H]3O[C@H](CO)[C@@H](O)[C@H](O)[C@H]3O)[C@H](O)[C@H]2O)CC[C@]2(C)[C@H]3C(=O)C=C4C5C[C@](C)(C(=O)O)CC[C@]5(C)CC[C@@]4(C)[C@]3(C)CC[C@@H]12. The summed E-state index contributed by atoms with van der Waals surface area (Å²) in [6.07, 6.45) is -23.2. The summed E-state index contributed by atoms with van der Waals surface area (Å²) in [5, 5.41) is 116. The molecule has 3 aliphatic heterocycles. The van der Waals surface area contributed by atoms with Crippen LogP contribution in [0.3, 0.4) is 0 Å². The van der Waals surface area contributed by atoms with Crippen molar-refractivity contribution >= 4 is 23.7 Å². The van der Waals surface area contributed by atoms with Crippen molar-refractivity contribution in [2.45, 2.75) is 204 Å². The summed E-state index contributed by atoms with van der Waals surface area (Å²) in [5.74, 6) is -4.85. The molecular formula is C48H72O21. The fraction of sp³-hybridized carbons (Fsp3) is 0.875. The van der Waals surface area contributed by atoms with Gasteiger partial charge in [0.1, 0.15) is 61.0 Å². The predicted octanol–water partition coefficient (Wildman–Crippen LogP) is 0.0698. The standard InChI is InChI=1S/C48H72O21/c1-43(2)23-8-11-48(7)36(21(50)16-19-20-17-45(4,42(62)63)13-12-44(20,3)14-15-47(19,48)6)46(23,5)10-9-24(43)65-41-34(28(54)27(53)33(67-41)37(58)59)68-40-31(57)29(55)32(35(69-40)38(60)61)66-39-30(56)26(52)25(51)22(18-49)64-39/h16,20,22-36,39-41,49,51-57H,8-15,17-18H2,1-7H3,(H,58,59)(H,60,61)(H,62,63)/t20?,22-,23+,24+,25-,26+,27+,28+,29-,30-,31-,32+,33+,34-,35+,36-,39-,40-,41-,44-,45-,46+,47-,48-/m1/s1. The van der Waals surface area contributed by atoms with Crippen LogP contribution in [0, 0.1) is 50.2 Å². The molecule has 4 saturated carbocycles. The Hall–Kier alpha value is -2.74. The van der Waals surface area contributed by atoms with E-state index in [9.17, 15) is 75.3 Å². The number of hydrogen-bond acceptors (Lipinski definition) is 18. The third-order valence-corrected chi connectivity index (χ3v) is 19.3. The molecule has 0 amide bonds. The predicted molar refractivity (Wildman–Crippen MR) is 232 cm³/mol. The first-order valence-corrected chi connectivity index (χ1v) is 24.3. The molecule has 390 valence electrons. The number of aliphatic carboxylic acids is 3. The smallest absolute Gasteiger partial charge is 0.335 e. The summed E-state index contributed by atoms with van der Waals surface area (Å²) >= 11 is 0. The Bertz CT molecular complexity index is 2050. The average Bonchev–Trinajstić information content (AvgIpc) is 3.27. The van der Waals surface area contributed by atoms with Gasteiger partial charge in [-0.15, -0.1) is 0 Å². The molecule has 11 N–H and O–H groups in total. The zero-order chi connectivity index (χ0) is 50.9. The zero-order valence-electron chi connectivity index (χ0n) is 40.1. The quantitative estimate of drug-likeness (QED) is 0.129. The molecule has 0 radical (unpaired) electrons. The normalized spacial score (nSPS) is 52.8. The molecule has 24 atom stereocenters. The molecule has 0 aromatic carbocycles. The van der Waals surface area contributed by atoms with Gasteiger partial charge in [0.15, 0.2) is 36.9 Å². The number of carbonyl (C=O) groups excluding carboxylic acids is 1. The number of carboxylic acid groups (broad SMARTS) is 3. The zero-order valence-corrected chi connectivity index (χ0v) is 40.1. The van der Waals surface area contributed by atoms with Crippen LogP contribution in [0.1, 0.15) is 106 Å². The van der Waals surface area contributed by atoms with Crippen molar-refractivity contribution in [3.05, 3.63) is 11.6 Å². The number of hydrogen-bond donors (Lipinski definition) is 11. The number of carboxylic acids is 3. The van der Waals surface area contributed by atoms with Crippen LogP contribution in [-0.4, -0.2) is 185 Å². The molecule has 0 aromatic heterocycles. The second-order valence-electron chi connectivity index (χ2n) is 23.4. The van der Waals surface area contributed by atoms with Crippen molar-refractivity contribution in [2.75, 3.05) is 6.61 Å². The molecule has 3 saturated heterocycles. The summed E-state index contributed by atoms with van der Waals surface area (Å²) in [6, 6.07) is 0. The monoisotopic (exact) mass is 984 g/mol. The summed E-state index contributed by atoms with van der Waals surface area (Å²) < 4.78 is 34.8. The van der Waals surface area contributed by atoms with Gasteiger partial charge in [-0.2, -0.15) is 0 Å². The van der Waals surface area contributed by atoms with E-state index in [0.29, 0.717) is 38.5 Å². The molecule has 5 aliphatic carbocycles. The van der Waals surface area contributed by atoms with Gasteiger partial charge in [-0.1, -0.05) is 47.1 Å². The van der Waals surface area contributed by atoms with Crippen molar-refractivity contribution in [3.63, 3.8) is 0 Å². The van der Waals surface area contributed by atoms with Crippen LogP contribution in [0.2, 0.25) is 0 Å². The minimum atomic E-state index is -2.22. The molecule has 0 aromatic rings. The largest absolute Gasteiger partial charge is 0.481 e. The van der Waals surface area contributed by atoms with E-state index in [1.165, 1.54) is 0 Å². The summed E-state index contributed by atoms with van der Waals surface area (Å²) in [4.78, 5) is 52.5. The number of aliphatic hydroxyl groups excluding tert-OH is 8. The van der Waals surface area contributed by atoms with Gasteiger partial charge >= 0.3 is 17.9 Å². The average molecular weight is 985 g/mol. The summed E-state index contributed by atoms with van der Waals surface area (Å²) in [6.45, 7) is 13.8. The second kappa shape index (κ2) is 18.0. The van der Waals surface area contributed by atoms with E-state index in [4.69, 9.17) is 28.4 Å². The Morgan fingerprint density at radius 2 is 1.22 bits per heavy atom. The Kier molecular flexibility index (Phi) is 13.7. The van der Waals surface area contributed by atoms with Crippen LogP contribution >= 0.6 is 0 Å².